The van der Waals surface area contributed by atoms with Crippen LogP contribution in [0, 0.1) is 0 Å². The Bertz CT molecular complexity index is 887. The molecule has 3 aromatic rings. The van der Waals surface area contributed by atoms with E-state index >= 15 is 0 Å². The van der Waals surface area contributed by atoms with E-state index in [4.69, 9.17) is 0 Å². The van der Waals surface area contributed by atoms with Gasteiger partial charge < -0.3 is 0 Å². The minimum atomic E-state index is -4.42. The van der Waals surface area contributed by atoms with Crippen LogP contribution < -0.4 is 5.56 Å². The van der Waals surface area contributed by atoms with E-state index in [1.165, 1.54) is 12.1 Å². The number of rotatable bonds is 2. The van der Waals surface area contributed by atoms with Crippen LogP contribution in [0.25, 0.3) is 10.9 Å². The summed E-state index contributed by atoms with van der Waals surface area (Å²) in [6.45, 7) is -0.0689. The fourth-order valence-corrected chi connectivity index (χ4v) is 2.15. The summed E-state index contributed by atoms with van der Waals surface area (Å²) in [6.07, 6.45) is -4.42. The van der Waals surface area contributed by atoms with Crippen molar-refractivity contribution in [3.63, 3.8) is 0 Å². The van der Waals surface area contributed by atoms with Gasteiger partial charge in [-0.25, -0.2) is 4.68 Å². The first-order chi connectivity index (χ1) is 10.4. The Labute approximate surface area is 122 Å². The predicted octanol–water partition coefficient (Wildman–Crippen LogP) is 2.86. The molecule has 22 heavy (non-hydrogen) atoms. The van der Waals surface area contributed by atoms with E-state index in [9.17, 15) is 18.0 Å². The second-order valence-corrected chi connectivity index (χ2v) is 4.77. The smallest absolute Gasteiger partial charge is 0.267 e. The van der Waals surface area contributed by atoms with Crippen molar-refractivity contribution in [3.05, 3.63) is 70.0 Å². The third kappa shape index (κ3) is 2.69. The third-order valence-corrected chi connectivity index (χ3v) is 3.22. The van der Waals surface area contributed by atoms with Crippen molar-refractivity contribution < 1.29 is 13.2 Å². The summed E-state index contributed by atoms with van der Waals surface area (Å²) in [4.78, 5) is 12.3. The molecule has 0 aliphatic carbocycles. The largest absolute Gasteiger partial charge is 0.416 e. The Hall–Kier alpha value is -2.70. The SMILES string of the molecule is O=c1c2ccccc2nnn1Cc1cccc(C(F)(F)F)c1. The molecule has 1 heterocycles. The molecule has 0 bridgehead atoms. The van der Waals surface area contributed by atoms with Gasteiger partial charge in [0.1, 0.15) is 5.52 Å². The van der Waals surface area contributed by atoms with Gasteiger partial charge in [-0.15, -0.1) is 5.10 Å². The molecule has 1 aromatic heterocycles. The number of fused-ring (bicyclic) bond motifs is 1. The molecule has 112 valence electrons. The van der Waals surface area contributed by atoms with Crippen LogP contribution in [-0.4, -0.2) is 15.0 Å². The van der Waals surface area contributed by atoms with Crippen LogP contribution in [-0.2, 0) is 12.7 Å². The molecule has 0 aliphatic rings. The van der Waals surface area contributed by atoms with Crippen LogP contribution in [0.3, 0.4) is 0 Å². The summed E-state index contributed by atoms with van der Waals surface area (Å²) < 4.78 is 39.1. The van der Waals surface area contributed by atoms with Crippen LogP contribution in [0.5, 0.6) is 0 Å². The lowest BCUT2D eigenvalue weighted by Gasteiger charge is -2.09. The second kappa shape index (κ2) is 5.25. The summed E-state index contributed by atoms with van der Waals surface area (Å²) in [5.74, 6) is 0. The molecule has 0 atom stereocenters. The quantitative estimate of drug-likeness (QED) is 0.731. The first kappa shape index (κ1) is 14.2. The zero-order valence-electron chi connectivity index (χ0n) is 11.2. The van der Waals surface area contributed by atoms with Crippen LogP contribution in [0.1, 0.15) is 11.1 Å². The van der Waals surface area contributed by atoms with Gasteiger partial charge in [-0.2, -0.15) is 13.2 Å². The average Bonchev–Trinajstić information content (AvgIpc) is 2.50. The van der Waals surface area contributed by atoms with Gasteiger partial charge in [-0.1, -0.05) is 29.5 Å². The van der Waals surface area contributed by atoms with Gasteiger partial charge in [0.05, 0.1) is 17.5 Å². The second-order valence-electron chi connectivity index (χ2n) is 4.77. The number of alkyl halides is 3. The Morgan fingerprint density at radius 2 is 1.82 bits per heavy atom. The highest BCUT2D eigenvalue weighted by atomic mass is 19.4. The van der Waals surface area contributed by atoms with Gasteiger partial charge >= 0.3 is 6.18 Å². The van der Waals surface area contributed by atoms with Gasteiger partial charge in [-0.3, -0.25) is 4.79 Å². The maximum Gasteiger partial charge on any atom is 0.416 e. The van der Waals surface area contributed by atoms with Crippen LogP contribution in [0.15, 0.2) is 53.3 Å². The number of halogens is 3. The number of benzene rings is 2. The van der Waals surface area contributed by atoms with E-state index in [0.717, 1.165) is 16.8 Å². The Kier molecular flexibility index (Phi) is 3.40. The van der Waals surface area contributed by atoms with Crippen LogP contribution in [0.4, 0.5) is 13.2 Å². The number of hydrogen-bond donors (Lipinski definition) is 0. The Balaban J connectivity index is 2.00. The summed E-state index contributed by atoms with van der Waals surface area (Å²) >= 11 is 0. The van der Waals surface area contributed by atoms with Crippen molar-refractivity contribution in [2.75, 3.05) is 0 Å². The minimum Gasteiger partial charge on any atom is -0.267 e. The molecule has 0 saturated carbocycles. The highest BCUT2D eigenvalue weighted by Gasteiger charge is 2.30. The number of nitrogens with zero attached hydrogens (tertiary/aromatic N) is 3. The molecular formula is C15H10F3N3O. The first-order valence-electron chi connectivity index (χ1n) is 6.44. The molecule has 0 unspecified atom stereocenters. The molecule has 0 saturated heterocycles. The Morgan fingerprint density at radius 1 is 1.05 bits per heavy atom. The zero-order valence-corrected chi connectivity index (χ0v) is 11.2. The highest BCUT2D eigenvalue weighted by Crippen LogP contribution is 2.29. The molecule has 0 radical (unpaired) electrons. The van der Waals surface area contributed by atoms with Gasteiger partial charge in [0, 0.05) is 0 Å². The summed E-state index contributed by atoms with van der Waals surface area (Å²) in [5.41, 5.74) is -0.357. The molecule has 2 aromatic carbocycles. The highest BCUT2D eigenvalue weighted by molar-refractivity contribution is 5.76. The van der Waals surface area contributed by atoms with E-state index in [1.54, 1.807) is 24.3 Å². The van der Waals surface area contributed by atoms with Crippen molar-refractivity contribution in [1.29, 1.82) is 0 Å². The predicted molar refractivity (Wildman–Crippen MR) is 74.3 cm³/mol. The van der Waals surface area contributed by atoms with E-state index < -0.39 is 11.7 Å². The van der Waals surface area contributed by atoms with E-state index in [2.05, 4.69) is 10.3 Å². The van der Waals surface area contributed by atoms with Crippen molar-refractivity contribution in [2.45, 2.75) is 12.7 Å². The molecule has 4 nitrogen and oxygen atoms in total. The zero-order chi connectivity index (χ0) is 15.7. The van der Waals surface area contributed by atoms with Gasteiger partial charge in [0.2, 0.25) is 0 Å². The lowest BCUT2D eigenvalue weighted by atomic mass is 10.1. The maximum atomic E-state index is 12.7. The van der Waals surface area contributed by atoms with Gasteiger partial charge in [-0.05, 0) is 29.8 Å². The topological polar surface area (TPSA) is 47.8 Å². The standard InChI is InChI=1S/C15H10F3N3O/c16-15(17,18)11-5-3-4-10(8-11)9-21-14(22)12-6-1-2-7-13(12)19-20-21/h1-8H,9H2. The Morgan fingerprint density at radius 3 is 2.59 bits per heavy atom. The molecule has 7 heteroatoms. The molecule has 3 rings (SSSR count). The number of aromatic nitrogens is 3. The monoisotopic (exact) mass is 305 g/mol. The maximum absolute atomic E-state index is 12.7. The van der Waals surface area contributed by atoms with Crippen molar-refractivity contribution in [3.8, 4) is 0 Å². The molecule has 0 N–H and O–H groups in total. The molecule has 0 amide bonds. The molecule has 0 aliphatic heterocycles. The third-order valence-electron chi connectivity index (χ3n) is 3.22. The molecule has 0 fully saturated rings. The summed E-state index contributed by atoms with van der Waals surface area (Å²) in [6, 6.07) is 11.5. The van der Waals surface area contributed by atoms with Crippen molar-refractivity contribution in [2.24, 2.45) is 0 Å². The van der Waals surface area contributed by atoms with Crippen molar-refractivity contribution in [1.82, 2.24) is 15.0 Å². The lowest BCUT2D eigenvalue weighted by Crippen LogP contribution is -2.24. The van der Waals surface area contributed by atoms with E-state index in [0.29, 0.717) is 16.5 Å². The van der Waals surface area contributed by atoms with E-state index in [-0.39, 0.29) is 12.1 Å². The van der Waals surface area contributed by atoms with Gasteiger partial charge in [0.25, 0.3) is 5.56 Å². The lowest BCUT2D eigenvalue weighted by molar-refractivity contribution is -0.137. The van der Waals surface area contributed by atoms with Crippen molar-refractivity contribution >= 4 is 10.9 Å². The average molecular weight is 305 g/mol. The number of hydrogen-bond acceptors (Lipinski definition) is 3. The van der Waals surface area contributed by atoms with Crippen LogP contribution in [0.2, 0.25) is 0 Å². The van der Waals surface area contributed by atoms with Crippen LogP contribution >= 0.6 is 0 Å². The summed E-state index contributed by atoms with van der Waals surface area (Å²) in [5, 5.41) is 8.05. The summed E-state index contributed by atoms with van der Waals surface area (Å²) in [7, 11) is 0. The molecular weight excluding hydrogens is 295 g/mol. The first-order valence-corrected chi connectivity index (χ1v) is 6.44. The minimum absolute atomic E-state index is 0.0689. The fourth-order valence-electron chi connectivity index (χ4n) is 2.15. The molecule has 0 spiro atoms. The normalized spacial score (nSPS) is 11.8. The fraction of sp³-hybridized carbons (Fsp3) is 0.133. The van der Waals surface area contributed by atoms with Gasteiger partial charge in [0.15, 0.2) is 0 Å². The van der Waals surface area contributed by atoms with E-state index in [1.807, 2.05) is 0 Å².